The molecule has 0 aromatic heterocycles. The van der Waals surface area contributed by atoms with E-state index in [0.29, 0.717) is 44.7 Å². The molecule has 1 atom stereocenters. The largest absolute Gasteiger partial charge is 0.392 e. The van der Waals surface area contributed by atoms with Crippen molar-refractivity contribution in [3.05, 3.63) is 40.7 Å². The summed E-state index contributed by atoms with van der Waals surface area (Å²) in [6.45, 7) is 4.64. The zero-order valence-corrected chi connectivity index (χ0v) is 17.9. The number of rotatable bonds is 6. The molecule has 1 aromatic rings. The number of piperidine rings is 1. The van der Waals surface area contributed by atoms with Crippen molar-refractivity contribution in [3.8, 4) is 0 Å². The van der Waals surface area contributed by atoms with E-state index in [1.165, 1.54) is 18.2 Å². The van der Waals surface area contributed by atoms with Crippen LogP contribution >= 0.6 is 11.6 Å². The first-order valence-electron chi connectivity index (χ1n) is 10.5. The lowest BCUT2D eigenvalue weighted by atomic mass is 10.1. The monoisotopic (exact) mass is 437 g/mol. The quantitative estimate of drug-likeness (QED) is 0.694. The Morgan fingerprint density at radius 2 is 2.07 bits per heavy atom. The number of aliphatic hydroxyl groups is 1. The van der Waals surface area contributed by atoms with Crippen LogP contribution in [-0.4, -0.2) is 83.5 Å². The zero-order chi connectivity index (χ0) is 21.5. The number of carbonyl (C=O) groups excluding carboxylic acids is 2. The third-order valence-corrected chi connectivity index (χ3v) is 5.93. The summed E-state index contributed by atoms with van der Waals surface area (Å²) in [7, 11) is 0. The van der Waals surface area contributed by atoms with Crippen LogP contribution in [0, 0.1) is 5.82 Å². The maximum absolute atomic E-state index is 13.2. The van der Waals surface area contributed by atoms with Crippen LogP contribution in [0.5, 0.6) is 0 Å². The smallest absolute Gasteiger partial charge is 0.246 e. The first kappa shape index (κ1) is 22.7. The molecular weight excluding hydrogens is 409 g/mol. The van der Waals surface area contributed by atoms with Crippen LogP contribution in [0.15, 0.2) is 24.3 Å². The average molecular weight is 438 g/mol. The summed E-state index contributed by atoms with van der Waals surface area (Å²) < 4.78 is 13.2. The Labute approximate surface area is 181 Å². The van der Waals surface area contributed by atoms with Crippen molar-refractivity contribution < 1.29 is 19.1 Å². The van der Waals surface area contributed by atoms with Gasteiger partial charge in [-0.1, -0.05) is 17.7 Å². The summed E-state index contributed by atoms with van der Waals surface area (Å²) in [5, 5.41) is 9.77. The molecule has 30 heavy (non-hydrogen) atoms. The number of nitrogens with zero attached hydrogens (tertiary/aromatic N) is 3. The van der Waals surface area contributed by atoms with Gasteiger partial charge in [0.2, 0.25) is 11.8 Å². The molecule has 1 N–H and O–H groups in total. The highest BCUT2D eigenvalue weighted by molar-refractivity contribution is 6.30. The Hall–Kier alpha value is -1.96. The molecule has 2 saturated heterocycles. The van der Waals surface area contributed by atoms with Crippen LogP contribution in [-0.2, 0) is 9.59 Å². The second-order valence-electron chi connectivity index (χ2n) is 7.91. The lowest BCUT2D eigenvalue weighted by molar-refractivity contribution is -0.130. The summed E-state index contributed by atoms with van der Waals surface area (Å²) in [5.74, 6) is -0.603. The van der Waals surface area contributed by atoms with Crippen molar-refractivity contribution >= 4 is 29.5 Å². The van der Waals surface area contributed by atoms with Crippen LogP contribution in [0.2, 0.25) is 5.02 Å². The summed E-state index contributed by atoms with van der Waals surface area (Å²) in [5.41, 5.74) is 0.644. The standard InChI is InChI=1S/C22H29ClFN3O3/c23-19-15-17(4-6-20(19)24)5-7-21(29)27-12-8-22(30)26(13-14-27)11-2-10-25-9-1-3-18(28)16-25/h4-7,15,18,28H,1-3,8-14,16H2. The van der Waals surface area contributed by atoms with E-state index in [1.807, 2.05) is 4.90 Å². The highest BCUT2D eigenvalue weighted by Crippen LogP contribution is 2.17. The minimum Gasteiger partial charge on any atom is -0.392 e. The number of likely N-dealkylation sites (tertiary alicyclic amines) is 1. The number of halogens is 2. The van der Waals surface area contributed by atoms with E-state index < -0.39 is 5.82 Å². The van der Waals surface area contributed by atoms with Gasteiger partial charge in [0.1, 0.15) is 5.82 Å². The number of carbonyl (C=O) groups is 2. The number of aliphatic hydroxyl groups excluding tert-OH is 1. The molecule has 6 nitrogen and oxygen atoms in total. The van der Waals surface area contributed by atoms with E-state index in [0.717, 1.165) is 32.4 Å². The molecule has 0 bridgehead atoms. The minimum atomic E-state index is -0.497. The van der Waals surface area contributed by atoms with Crippen LogP contribution < -0.4 is 0 Å². The lowest BCUT2D eigenvalue weighted by Crippen LogP contribution is -2.40. The van der Waals surface area contributed by atoms with Gasteiger partial charge in [-0.3, -0.25) is 9.59 Å². The molecular formula is C22H29ClFN3O3. The van der Waals surface area contributed by atoms with Crippen molar-refractivity contribution in [1.29, 1.82) is 0 Å². The third-order valence-electron chi connectivity index (χ3n) is 5.64. The van der Waals surface area contributed by atoms with Crippen LogP contribution in [0.25, 0.3) is 6.08 Å². The molecule has 164 valence electrons. The highest BCUT2D eigenvalue weighted by atomic mass is 35.5. The molecule has 0 saturated carbocycles. The second-order valence-corrected chi connectivity index (χ2v) is 8.32. The van der Waals surface area contributed by atoms with E-state index in [1.54, 1.807) is 17.0 Å². The fraction of sp³-hybridized carbons (Fsp3) is 0.545. The molecule has 0 spiro atoms. The van der Waals surface area contributed by atoms with Crippen molar-refractivity contribution in [1.82, 2.24) is 14.7 Å². The topological polar surface area (TPSA) is 64.1 Å². The third kappa shape index (κ3) is 6.52. The second kappa shape index (κ2) is 10.9. The van der Waals surface area contributed by atoms with Crippen molar-refractivity contribution in [2.24, 2.45) is 0 Å². The Bertz CT molecular complexity index is 789. The molecule has 2 aliphatic rings. The van der Waals surface area contributed by atoms with Gasteiger partial charge in [0.15, 0.2) is 0 Å². The molecule has 1 aromatic carbocycles. The van der Waals surface area contributed by atoms with E-state index in [-0.39, 0.29) is 22.9 Å². The molecule has 1 unspecified atom stereocenters. The van der Waals surface area contributed by atoms with Crippen LogP contribution in [0.4, 0.5) is 4.39 Å². The number of benzene rings is 1. The number of hydrogen-bond donors (Lipinski definition) is 1. The van der Waals surface area contributed by atoms with Gasteiger partial charge < -0.3 is 19.8 Å². The van der Waals surface area contributed by atoms with Gasteiger partial charge in [-0.25, -0.2) is 4.39 Å². The van der Waals surface area contributed by atoms with Crippen molar-refractivity contribution in [3.63, 3.8) is 0 Å². The average Bonchev–Trinajstić information content (AvgIpc) is 2.91. The molecule has 2 heterocycles. The predicted molar refractivity (Wildman–Crippen MR) is 115 cm³/mol. The van der Waals surface area contributed by atoms with Gasteiger partial charge >= 0.3 is 0 Å². The number of hydrogen-bond acceptors (Lipinski definition) is 4. The molecule has 2 fully saturated rings. The Balaban J connectivity index is 1.46. The van der Waals surface area contributed by atoms with Crippen molar-refractivity contribution in [2.45, 2.75) is 31.8 Å². The van der Waals surface area contributed by atoms with E-state index in [4.69, 9.17) is 11.6 Å². The molecule has 2 amide bonds. The van der Waals surface area contributed by atoms with E-state index >= 15 is 0 Å². The van der Waals surface area contributed by atoms with Gasteiger partial charge in [-0.2, -0.15) is 0 Å². The number of amides is 2. The van der Waals surface area contributed by atoms with Gasteiger partial charge in [-0.15, -0.1) is 0 Å². The molecule has 0 radical (unpaired) electrons. The van der Waals surface area contributed by atoms with Gasteiger partial charge in [0.25, 0.3) is 0 Å². The van der Waals surface area contributed by atoms with E-state index in [2.05, 4.69) is 4.90 Å². The molecule has 2 aliphatic heterocycles. The van der Waals surface area contributed by atoms with Crippen molar-refractivity contribution in [2.75, 3.05) is 45.8 Å². The predicted octanol–water partition coefficient (Wildman–Crippen LogP) is 2.40. The Kier molecular flexibility index (Phi) is 8.24. The summed E-state index contributed by atoms with van der Waals surface area (Å²) in [6.07, 6.45) is 5.85. The molecule has 8 heteroatoms. The fourth-order valence-corrected chi connectivity index (χ4v) is 4.12. The van der Waals surface area contributed by atoms with Crippen LogP contribution in [0.1, 0.15) is 31.2 Å². The van der Waals surface area contributed by atoms with Crippen LogP contribution in [0.3, 0.4) is 0 Å². The first-order chi connectivity index (χ1) is 14.4. The maximum Gasteiger partial charge on any atom is 0.246 e. The fourth-order valence-electron chi connectivity index (χ4n) is 3.93. The molecule has 3 rings (SSSR count). The SMILES string of the molecule is O=C(C=Cc1ccc(F)c(Cl)c1)N1CCC(=O)N(CCCN2CCCC(O)C2)CC1. The summed E-state index contributed by atoms with van der Waals surface area (Å²) in [4.78, 5) is 30.7. The van der Waals surface area contributed by atoms with Gasteiger partial charge in [0.05, 0.1) is 11.1 Å². The summed E-state index contributed by atoms with van der Waals surface area (Å²) in [6, 6.07) is 4.29. The van der Waals surface area contributed by atoms with E-state index in [9.17, 15) is 19.1 Å². The zero-order valence-electron chi connectivity index (χ0n) is 17.1. The Morgan fingerprint density at radius 3 is 2.83 bits per heavy atom. The summed E-state index contributed by atoms with van der Waals surface area (Å²) >= 11 is 5.77. The molecule has 0 aliphatic carbocycles. The lowest BCUT2D eigenvalue weighted by Gasteiger charge is -2.30. The highest BCUT2D eigenvalue weighted by Gasteiger charge is 2.23. The van der Waals surface area contributed by atoms with Gasteiger partial charge in [-0.05, 0) is 56.1 Å². The maximum atomic E-state index is 13.2. The first-order valence-corrected chi connectivity index (χ1v) is 10.9. The minimum absolute atomic E-state index is 0.0136. The normalized spacial score (nSPS) is 21.3. The Morgan fingerprint density at radius 1 is 1.23 bits per heavy atom. The number of β-amino-alcohol motifs (C(OH)–C–C–N with tert-alkyl or cyclic N) is 1. The van der Waals surface area contributed by atoms with Gasteiger partial charge in [0, 0.05) is 45.2 Å².